The van der Waals surface area contributed by atoms with Crippen molar-refractivity contribution in [1.82, 2.24) is 4.90 Å². The number of fused-ring (bicyclic) bond motifs is 3. The quantitative estimate of drug-likeness (QED) is 0.677. The van der Waals surface area contributed by atoms with E-state index in [0.717, 1.165) is 29.4 Å². The summed E-state index contributed by atoms with van der Waals surface area (Å²) in [6.45, 7) is 0.884. The van der Waals surface area contributed by atoms with Gasteiger partial charge in [0, 0.05) is 15.9 Å². The van der Waals surface area contributed by atoms with Gasteiger partial charge >= 0.3 is 0 Å². The number of nitrogens with zero attached hydrogens (tertiary/aromatic N) is 1. The van der Waals surface area contributed by atoms with Gasteiger partial charge in [0.15, 0.2) is 0 Å². The summed E-state index contributed by atoms with van der Waals surface area (Å²) < 4.78 is 1.09. The van der Waals surface area contributed by atoms with E-state index in [-0.39, 0.29) is 17.9 Å². The third-order valence-corrected chi connectivity index (χ3v) is 6.19. The van der Waals surface area contributed by atoms with Crippen molar-refractivity contribution in [2.45, 2.75) is 29.7 Å². The summed E-state index contributed by atoms with van der Waals surface area (Å²) in [5, 5.41) is 0. The molecule has 2 nitrogen and oxygen atoms in total. The average Bonchev–Trinajstić information content (AvgIpc) is 3.06. The van der Waals surface area contributed by atoms with E-state index in [4.69, 9.17) is 0 Å². The first-order chi connectivity index (χ1) is 11.2. The van der Waals surface area contributed by atoms with Crippen molar-refractivity contribution >= 4 is 33.6 Å². The largest absolute Gasteiger partial charge is 0.335 e. The Balaban J connectivity index is 1.85. The minimum absolute atomic E-state index is 0.164. The van der Waals surface area contributed by atoms with Crippen LogP contribution in [0.5, 0.6) is 0 Å². The van der Waals surface area contributed by atoms with Crippen LogP contribution in [0.2, 0.25) is 0 Å². The SMILES string of the molecule is CSc1ccc(C2C(=O)N3CCCC3c3cc(Br)ccc32)cc1. The second kappa shape index (κ2) is 5.99. The van der Waals surface area contributed by atoms with Gasteiger partial charge in [-0.3, -0.25) is 4.79 Å². The lowest BCUT2D eigenvalue weighted by molar-refractivity contribution is -0.133. The predicted molar refractivity (Wildman–Crippen MR) is 97.9 cm³/mol. The van der Waals surface area contributed by atoms with Gasteiger partial charge in [0.1, 0.15) is 0 Å². The summed E-state index contributed by atoms with van der Waals surface area (Å²) >= 11 is 5.32. The van der Waals surface area contributed by atoms with Gasteiger partial charge in [0.25, 0.3) is 0 Å². The van der Waals surface area contributed by atoms with Crippen LogP contribution in [0.15, 0.2) is 51.8 Å². The highest BCUT2D eigenvalue weighted by molar-refractivity contribution is 9.10. The number of benzene rings is 2. The highest BCUT2D eigenvalue weighted by Crippen LogP contribution is 2.45. The summed E-state index contributed by atoms with van der Waals surface area (Å²) in [5.74, 6) is 0.0996. The van der Waals surface area contributed by atoms with Crippen molar-refractivity contribution in [1.29, 1.82) is 0 Å². The first-order valence-corrected chi connectivity index (χ1v) is 9.94. The smallest absolute Gasteiger partial charge is 0.235 e. The molecule has 2 aliphatic rings. The number of rotatable bonds is 2. The number of carbonyl (C=O) groups is 1. The fourth-order valence-corrected chi connectivity index (χ4v) is 4.66. The molecule has 1 fully saturated rings. The number of thioether (sulfide) groups is 1. The summed E-state index contributed by atoms with van der Waals surface area (Å²) in [4.78, 5) is 16.4. The van der Waals surface area contributed by atoms with Crippen molar-refractivity contribution in [3.63, 3.8) is 0 Å². The molecule has 1 amide bonds. The molecule has 1 saturated heterocycles. The van der Waals surface area contributed by atoms with E-state index in [1.54, 1.807) is 11.8 Å². The Hall–Kier alpha value is -1.26. The number of hydrogen-bond acceptors (Lipinski definition) is 2. The van der Waals surface area contributed by atoms with Crippen molar-refractivity contribution < 1.29 is 4.79 Å². The Morgan fingerprint density at radius 3 is 2.65 bits per heavy atom. The molecule has 0 aliphatic carbocycles. The maximum absolute atomic E-state index is 13.1. The maximum atomic E-state index is 13.1. The fourth-order valence-electron chi connectivity index (χ4n) is 3.87. The normalized spacial score (nSPS) is 22.9. The number of halogens is 1. The highest BCUT2D eigenvalue weighted by Gasteiger charge is 2.42. The minimum Gasteiger partial charge on any atom is -0.335 e. The van der Waals surface area contributed by atoms with Crippen LogP contribution >= 0.6 is 27.7 Å². The van der Waals surface area contributed by atoms with E-state index in [9.17, 15) is 4.79 Å². The molecule has 0 aromatic heterocycles. The zero-order valence-corrected chi connectivity index (χ0v) is 15.4. The van der Waals surface area contributed by atoms with Gasteiger partial charge in [0.05, 0.1) is 12.0 Å². The molecule has 0 spiro atoms. The Bertz CT molecular complexity index is 758. The molecule has 0 bridgehead atoms. The van der Waals surface area contributed by atoms with Crippen LogP contribution in [0.1, 0.15) is 41.5 Å². The molecule has 0 N–H and O–H groups in total. The summed E-state index contributed by atoms with van der Waals surface area (Å²) in [5.41, 5.74) is 3.59. The summed E-state index contributed by atoms with van der Waals surface area (Å²) in [6, 6.07) is 15.1. The van der Waals surface area contributed by atoms with Gasteiger partial charge in [-0.25, -0.2) is 0 Å². The zero-order chi connectivity index (χ0) is 16.0. The number of hydrogen-bond donors (Lipinski definition) is 0. The molecule has 2 unspecified atom stereocenters. The monoisotopic (exact) mass is 387 g/mol. The Labute approximate surface area is 149 Å². The molecule has 23 heavy (non-hydrogen) atoms. The van der Waals surface area contributed by atoms with Crippen LogP contribution in [0.3, 0.4) is 0 Å². The molecule has 2 aromatic carbocycles. The molecule has 2 aromatic rings. The van der Waals surface area contributed by atoms with Crippen LogP contribution in [0.25, 0.3) is 0 Å². The molecular weight excluding hydrogens is 370 g/mol. The van der Waals surface area contributed by atoms with Gasteiger partial charge in [0.2, 0.25) is 5.91 Å². The molecule has 4 heteroatoms. The second-order valence-corrected chi connectivity index (χ2v) is 7.96. The minimum atomic E-state index is -0.164. The van der Waals surface area contributed by atoms with Crippen LogP contribution in [-0.4, -0.2) is 23.6 Å². The van der Waals surface area contributed by atoms with Crippen molar-refractivity contribution in [2.24, 2.45) is 0 Å². The second-order valence-electron chi connectivity index (χ2n) is 6.17. The molecule has 2 aliphatic heterocycles. The highest BCUT2D eigenvalue weighted by atomic mass is 79.9. The first kappa shape index (κ1) is 15.3. The van der Waals surface area contributed by atoms with Crippen LogP contribution in [0, 0.1) is 0 Å². The summed E-state index contributed by atoms with van der Waals surface area (Å²) in [7, 11) is 0. The Morgan fingerprint density at radius 1 is 1.13 bits per heavy atom. The molecule has 2 heterocycles. The Morgan fingerprint density at radius 2 is 1.91 bits per heavy atom. The van der Waals surface area contributed by atoms with Gasteiger partial charge in [-0.05, 0) is 60.1 Å². The molecule has 2 atom stereocenters. The molecule has 4 rings (SSSR count). The predicted octanol–water partition coefficient (Wildman–Crippen LogP) is 4.98. The number of carbonyl (C=O) groups excluding carboxylic acids is 1. The van der Waals surface area contributed by atoms with E-state index in [2.05, 4.69) is 69.6 Å². The van der Waals surface area contributed by atoms with Crippen molar-refractivity contribution in [3.8, 4) is 0 Å². The molecule has 0 radical (unpaired) electrons. The lowest BCUT2D eigenvalue weighted by Gasteiger charge is -2.37. The van der Waals surface area contributed by atoms with Crippen LogP contribution < -0.4 is 0 Å². The van der Waals surface area contributed by atoms with E-state index in [1.807, 2.05) is 0 Å². The van der Waals surface area contributed by atoms with E-state index in [0.29, 0.717) is 0 Å². The third kappa shape index (κ3) is 2.52. The molecule has 0 saturated carbocycles. The zero-order valence-electron chi connectivity index (χ0n) is 13.0. The molecule has 118 valence electrons. The van der Waals surface area contributed by atoms with Crippen molar-refractivity contribution in [3.05, 3.63) is 63.6 Å². The molecular formula is C19H18BrNOS. The lowest BCUT2D eigenvalue weighted by atomic mass is 9.81. The van der Waals surface area contributed by atoms with Gasteiger partial charge in [-0.15, -0.1) is 11.8 Å². The summed E-state index contributed by atoms with van der Waals surface area (Å²) in [6.07, 6.45) is 4.25. The number of amides is 1. The standard InChI is InChI=1S/C19H18BrNOS/c1-23-14-7-4-12(5-8-14)18-15-9-6-13(20)11-16(15)17-3-2-10-21(17)19(18)22/h4-9,11,17-18H,2-3,10H2,1H3. The topological polar surface area (TPSA) is 20.3 Å². The third-order valence-electron chi connectivity index (χ3n) is 4.95. The lowest BCUT2D eigenvalue weighted by Crippen LogP contribution is -2.40. The average molecular weight is 388 g/mol. The maximum Gasteiger partial charge on any atom is 0.235 e. The van der Waals surface area contributed by atoms with Gasteiger partial charge in [-0.2, -0.15) is 0 Å². The van der Waals surface area contributed by atoms with E-state index in [1.165, 1.54) is 16.0 Å². The first-order valence-electron chi connectivity index (χ1n) is 7.93. The van der Waals surface area contributed by atoms with E-state index < -0.39 is 0 Å². The van der Waals surface area contributed by atoms with Crippen LogP contribution in [0.4, 0.5) is 0 Å². The van der Waals surface area contributed by atoms with Crippen molar-refractivity contribution in [2.75, 3.05) is 12.8 Å². The Kier molecular flexibility index (Phi) is 3.98. The van der Waals surface area contributed by atoms with Gasteiger partial charge in [-0.1, -0.05) is 34.1 Å². The van der Waals surface area contributed by atoms with E-state index >= 15 is 0 Å². The van der Waals surface area contributed by atoms with Crippen LogP contribution in [-0.2, 0) is 4.79 Å². The van der Waals surface area contributed by atoms with Gasteiger partial charge < -0.3 is 4.90 Å². The fraction of sp³-hybridized carbons (Fsp3) is 0.316.